The minimum atomic E-state index is -0.146. The highest BCUT2D eigenvalue weighted by Crippen LogP contribution is 2.24. The number of aromatic nitrogens is 5. The van der Waals surface area contributed by atoms with Gasteiger partial charge in [-0.25, -0.2) is 4.68 Å². The van der Waals surface area contributed by atoms with E-state index < -0.39 is 0 Å². The highest BCUT2D eigenvalue weighted by atomic mass is 16.1. The van der Waals surface area contributed by atoms with Gasteiger partial charge in [0.05, 0.1) is 5.69 Å². The molecule has 1 amide bonds. The smallest absolute Gasteiger partial charge is 0.255 e. The fourth-order valence-corrected chi connectivity index (χ4v) is 4.00. The molecule has 5 rings (SSSR count). The van der Waals surface area contributed by atoms with Gasteiger partial charge in [-0.15, -0.1) is 10.2 Å². The van der Waals surface area contributed by atoms with Gasteiger partial charge in [0.25, 0.3) is 5.91 Å². The Hall–Kier alpha value is -3.74. The predicted octanol–water partition coefficient (Wildman–Crippen LogP) is 4.42. The van der Waals surface area contributed by atoms with Crippen LogP contribution >= 0.6 is 0 Å². The first-order valence-electron chi connectivity index (χ1n) is 10.6. The van der Waals surface area contributed by atoms with Gasteiger partial charge >= 0.3 is 0 Å². The van der Waals surface area contributed by atoms with E-state index in [1.807, 2.05) is 66.2 Å². The summed E-state index contributed by atoms with van der Waals surface area (Å²) in [4.78, 5) is 12.7. The maximum absolute atomic E-state index is 12.7. The first-order valence-corrected chi connectivity index (χ1v) is 10.6. The Labute approximate surface area is 180 Å². The SMILES string of the molecule is Cc1ccnn1-c1ccc(C(=O)Nc2ccc(-c3nnc4n3CCCCC4)cc2)cc1. The fourth-order valence-electron chi connectivity index (χ4n) is 4.00. The van der Waals surface area contributed by atoms with Gasteiger partial charge in [-0.1, -0.05) is 6.42 Å². The lowest BCUT2D eigenvalue weighted by Crippen LogP contribution is -2.12. The number of aryl methyl sites for hydroxylation is 2. The van der Waals surface area contributed by atoms with Crippen LogP contribution in [-0.2, 0) is 13.0 Å². The Morgan fingerprint density at radius 3 is 2.48 bits per heavy atom. The van der Waals surface area contributed by atoms with Gasteiger partial charge in [-0.3, -0.25) is 4.79 Å². The maximum atomic E-state index is 12.7. The lowest BCUT2D eigenvalue weighted by Gasteiger charge is -2.09. The number of hydrogen-bond donors (Lipinski definition) is 1. The molecule has 0 saturated carbocycles. The number of anilines is 1. The molecule has 0 fully saturated rings. The molecule has 1 aliphatic rings. The quantitative estimate of drug-likeness (QED) is 0.538. The maximum Gasteiger partial charge on any atom is 0.255 e. The van der Waals surface area contributed by atoms with Gasteiger partial charge in [0.1, 0.15) is 5.82 Å². The van der Waals surface area contributed by atoms with Crippen LogP contribution in [0, 0.1) is 6.92 Å². The monoisotopic (exact) mass is 412 g/mol. The topological polar surface area (TPSA) is 77.6 Å². The molecule has 7 nitrogen and oxygen atoms in total. The summed E-state index contributed by atoms with van der Waals surface area (Å²) in [5.41, 5.74) is 4.33. The number of carbonyl (C=O) groups excluding carboxylic acids is 1. The van der Waals surface area contributed by atoms with Gasteiger partial charge in [0.2, 0.25) is 0 Å². The van der Waals surface area contributed by atoms with Crippen LogP contribution in [0.15, 0.2) is 60.8 Å². The third-order valence-electron chi connectivity index (χ3n) is 5.72. The molecule has 0 unspecified atom stereocenters. The Morgan fingerprint density at radius 1 is 0.935 bits per heavy atom. The number of nitrogens with zero attached hydrogens (tertiary/aromatic N) is 5. The van der Waals surface area contributed by atoms with Crippen molar-refractivity contribution in [2.75, 3.05) is 5.32 Å². The molecule has 4 aromatic rings. The van der Waals surface area contributed by atoms with Crippen molar-refractivity contribution in [2.24, 2.45) is 0 Å². The standard InChI is InChI=1S/C24H24N6O/c1-17-14-15-25-30(17)21-12-8-19(9-13-21)24(31)26-20-10-6-18(7-11-20)23-28-27-22-5-3-2-4-16-29(22)23/h6-15H,2-5,16H2,1H3,(H,26,31). The van der Waals surface area contributed by atoms with Crippen LogP contribution in [-0.4, -0.2) is 30.5 Å². The van der Waals surface area contributed by atoms with E-state index in [4.69, 9.17) is 0 Å². The Kier molecular flexibility index (Phi) is 5.08. The van der Waals surface area contributed by atoms with E-state index in [0.717, 1.165) is 53.7 Å². The fraction of sp³-hybridized carbons (Fsp3) is 0.250. The van der Waals surface area contributed by atoms with Gasteiger partial charge in [0.15, 0.2) is 5.82 Å². The molecule has 0 atom stereocenters. The molecule has 1 N–H and O–H groups in total. The van der Waals surface area contributed by atoms with Crippen molar-refractivity contribution in [1.82, 2.24) is 24.5 Å². The summed E-state index contributed by atoms with van der Waals surface area (Å²) in [5.74, 6) is 1.82. The lowest BCUT2D eigenvalue weighted by molar-refractivity contribution is 0.102. The van der Waals surface area contributed by atoms with Crippen molar-refractivity contribution in [3.63, 3.8) is 0 Å². The van der Waals surface area contributed by atoms with Crippen LogP contribution < -0.4 is 5.32 Å². The summed E-state index contributed by atoms with van der Waals surface area (Å²) in [7, 11) is 0. The molecular formula is C24H24N6O. The average Bonchev–Trinajstić information content (AvgIpc) is 3.33. The van der Waals surface area contributed by atoms with Gasteiger partial charge in [0, 0.05) is 41.7 Å². The molecule has 7 heteroatoms. The van der Waals surface area contributed by atoms with Crippen LogP contribution in [0.5, 0.6) is 0 Å². The van der Waals surface area contributed by atoms with Crippen LogP contribution in [0.25, 0.3) is 17.1 Å². The second kappa shape index (κ2) is 8.18. The number of carbonyl (C=O) groups is 1. The van der Waals surface area contributed by atoms with E-state index in [9.17, 15) is 4.79 Å². The Morgan fingerprint density at radius 2 is 1.74 bits per heavy atom. The zero-order valence-electron chi connectivity index (χ0n) is 17.5. The Bertz CT molecular complexity index is 1200. The van der Waals surface area contributed by atoms with E-state index in [1.165, 1.54) is 12.8 Å². The molecule has 0 aliphatic carbocycles. The second-order valence-corrected chi connectivity index (χ2v) is 7.86. The van der Waals surface area contributed by atoms with E-state index >= 15 is 0 Å². The number of fused-ring (bicyclic) bond motifs is 1. The highest BCUT2D eigenvalue weighted by Gasteiger charge is 2.16. The van der Waals surface area contributed by atoms with Gasteiger partial charge < -0.3 is 9.88 Å². The second-order valence-electron chi connectivity index (χ2n) is 7.86. The van der Waals surface area contributed by atoms with E-state index in [2.05, 4.69) is 25.2 Å². The predicted molar refractivity (Wildman–Crippen MR) is 119 cm³/mol. The normalized spacial score (nSPS) is 13.5. The van der Waals surface area contributed by atoms with E-state index in [1.54, 1.807) is 6.20 Å². The van der Waals surface area contributed by atoms with Crippen molar-refractivity contribution in [3.05, 3.63) is 77.9 Å². The average molecular weight is 412 g/mol. The summed E-state index contributed by atoms with van der Waals surface area (Å²) in [6.07, 6.45) is 6.31. The zero-order chi connectivity index (χ0) is 21.2. The van der Waals surface area contributed by atoms with Gasteiger partial charge in [-0.05, 0) is 74.4 Å². The van der Waals surface area contributed by atoms with Crippen molar-refractivity contribution < 1.29 is 4.79 Å². The summed E-state index contributed by atoms with van der Waals surface area (Å²) in [6, 6.07) is 17.2. The molecule has 0 bridgehead atoms. The summed E-state index contributed by atoms with van der Waals surface area (Å²) < 4.78 is 4.06. The number of benzene rings is 2. The molecule has 3 heterocycles. The molecular weight excluding hydrogens is 388 g/mol. The first kappa shape index (κ1) is 19.2. The van der Waals surface area contributed by atoms with E-state index in [0.29, 0.717) is 5.56 Å². The molecule has 31 heavy (non-hydrogen) atoms. The van der Waals surface area contributed by atoms with Crippen LogP contribution in [0.3, 0.4) is 0 Å². The number of nitrogens with one attached hydrogen (secondary N) is 1. The third-order valence-corrected chi connectivity index (χ3v) is 5.72. The van der Waals surface area contributed by atoms with Crippen molar-refractivity contribution >= 4 is 11.6 Å². The molecule has 0 spiro atoms. The first-order chi connectivity index (χ1) is 15.2. The zero-order valence-corrected chi connectivity index (χ0v) is 17.5. The minimum Gasteiger partial charge on any atom is -0.322 e. The van der Waals surface area contributed by atoms with Crippen LogP contribution in [0.4, 0.5) is 5.69 Å². The molecule has 0 radical (unpaired) electrons. The Balaban J connectivity index is 1.29. The van der Waals surface area contributed by atoms with Crippen LogP contribution in [0.2, 0.25) is 0 Å². The lowest BCUT2D eigenvalue weighted by atomic mass is 10.1. The third kappa shape index (κ3) is 3.86. The molecule has 2 aromatic heterocycles. The van der Waals surface area contributed by atoms with Crippen molar-refractivity contribution in [3.8, 4) is 17.1 Å². The summed E-state index contributed by atoms with van der Waals surface area (Å²) >= 11 is 0. The van der Waals surface area contributed by atoms with Crippen molar-refractivity contribution in [1.29, 1.82) is 0 Å². The highest BCUT2D eigenvalue weighted by molar-refractivity contribution is 6.04. The van der Waals surface area contributed by atoms with Gasteiger partial charge in [-0.2, -0.15) is 5.10 Å². The minimum absolute atomic E-state index is 0.146. The number of amides is 1. The number of hydrogen-bond acceptors (Lipinski definition) is 4. The molecule has 2 aromatic carbocycles. The molecule has 156 valence electrons. The molecule has 0 saturated heterocycles. The largest absolute Gasteiger partial charge is 0.322 e. The summed E-state index contributed by atoms with van der Waals surface area (Å²) in [6.45, 7) is 2.96. The number of rotatable bonds is 4. The summed E-state index contributed by atoms with van der Waals surface area (Å²) in [5, 5.41) is 16.0. The molecule has 1 aliphatic heterocycles. The van der Waals surface area contributed by atoms with Crippen LogP contribution in [0.1, 0.15) is 41.1 Å². The van der Waals surface area contributed by atoms with E-state index in [-0.39, 0.29) is 5.91 Å². The van der Waals surface area contributed by atoms with Crippen molar-refractivity contribution in [2.45, 2.75) is 39.2 Å².